The van der Waals surface area contributed by atoms with Crippen molar-refractivity contribution in [3.05, 3.63) is 28.2 Å². The number of hydrogen-bond donors (Lipinski definition) is 0. The molecule has 0 N–H and O–H groups in total. The monoisotopic (exact) mass is 542 g/mol. The quantitative estimate of drug-likeness (QED) is 0.192. The number of amides is 1. The number of hydrogen-bond acceptors (Lipinski definition) is 6. The molecule has 2 aromatic rings. The van der Waals surface area contributed by atoms with Gasteiger partial charge in [0.15, 0.2) is 5.16 Å². The minimum atomic E-state index is -1.99. The van der Waals surface area contributed by atoms with Crippen molar-refractivity contribution in [3.63, 3.8) is 0 Å². The standard InChI is InChI=1S/C28H42N4O3SSi/c1-18(2)37(19(3)4,20(5)6)14-12-21-15-24(33)32(25-23(21)16-29-26(30-25)36-10)22-11-13-31(17-22)27(34)35-28(7,8)9/h15-16,18-20,22H,11,13,17H2,1-10H3. The number of ether oxygens (including phenoxy) is 1. The molecular weight excluding hydrogens is 500 g/mol. The molecule has 1 atom stereocenters. The van der Waals surface area contributed by atoms with Crippen molar-refractivity contribution in [2.45, 2.75) is 102 Å². The number of carbonyl (C=O) groups is 1. The van der Waals surface area contributed by atoms with Crippen molar-refractivity contribution in [3.8, 4) is 11.5 Å². The van der Waals surface area contributed by atoms with E-state index in [1.807, 2.05) is 27.0 Å². The van der Waals surface area contributed by atoms with Crippen LogP contribution < -0.4 is 5.56 Å². The zero-order valence-electron chi connectivity index (χ0n) is 24.0. The summed E-state index contributed by atoms with van der Waals surface area (Å²) in [6, 6.07) is 1.44. The van der Waals surface area contributed by atoms with Crippen molar-refractivity contribution >= 4 is 37.0 Å². The van der Waals surface area contributed by atoms with Gasteiger partial charge in [-0.15, -0.1) is 5.54 Å². The van der Waals surface area contributed by atoms with Gasteiger partial charge >= 0.3 is 6.09 Å². The molecule has 0 spiro atoms. The lowest BCUT2D eigenvalue weighted by molar-refractivity contribution is 0.0289. The highest BCUT2D eigenvalue weighted by Gasteiger charge is 2.41. The van der Waals surface area contributed by atoms with E-state index >= 15 is 0 Å². The predicted octanol–water partition coefficient (Wildman–Crippen LogP) is 6.26. The molecule has 3 heterocycles. The SMILES string of the molecule is CSc1ncc2c(C#C[Si](C(C)C)(C(C)C)C(C)C)cc(=O)n(C3CCN(C(=O)OC(C)(C)C)C3)c2n1. The molecule has 0 aliphatic carbocycles. The molecule has 0 bridgehead atoms. The number of nitrogens with zero attached hydrogens (tertiary/aromatic N) is 4. The first-order valence-electron chi connectivity index (χ1n) is 13.2. The average molecular weight is 543 g/mol. The Hall–Kier alpha value is -2.31. The number of rotatable bonds is 5. The summed E-state index contributed by atoms with van der Waals surface area (Å²) in [5, 5.41) is 1.38. The number of thioether (sulfide) groups is 1. The van der Waals surface area contributed by atoms with Gasteiger partial charge in [0.05, 0.1) is 11.4 Å². The molecule has 37 heavy (non-hydrogen) atoms. The maximum atomic E-state index is 13.6. The molecule has 2 aromatic heterocycles. The third-order valence-electron chi connectivity index (χ3n) is 7.41. The van der Waals surface area contributed by atoms with Gasteiger partial charge in [-0.05, 0) is 50.1 Å². The van der Waals surface area contributed by atoms with E-state index in [4.69, 9.17) is 9.72 Å². The Labute approximate surface area is 226 Å². The number of likely N-dealkylation sites (tertiary alicyclic amines) is 1. The van der Waals surface area contributed by atoms with E-state index < -0.39 is 13.7 Å². The van der Waals surface area contributed by atoms with E-state index in [1.54, 1.807) is 21.7 Å². The van der Waals surface area contributed by atoms with Crippen LogP contribution in [0.15, 0.2) is 22.2 Å². The van der Waals surface area contributed by atoms with Crippen molar-refractivity contribution in [2.24, 2.45) is 0 Å². The van der Waals surface area contributed by atoms with Gasteiger partial charge in [0.1, 0.15) is 19.3 Å². The molecule has 1 aliphatic heterocycles. The van der Waals surface area contributed by atoms with E-state index in [0.29, 0.717) is 52.5 Å². The van der Waals surface area contributed by atoms with Crippen LogP contribution in [-0.4, -0.2) is 58.5 Å². The highest BCUT2D eigenvalue weighted by atomic mass is 32.2. The van der Waals surface area contributed by atoms with E-state index in [9.17, 15) is 9.59 Å². The first-order valence-corrected chi connectivity index (χ1v) is 16.6. The van der Waals surface area contributed by atoms with Crippen LogP contribution in [0.1, 0.15) is 80.3 Å². The molecule has 1 amide bonds. The second kappa shape index (κ2) is 11.2. The second-order valence-corrected chi connectivity index (χ2v) is 18.2. The highest BCUT2D eigenvalue weighted by molar-refractivity contribution is 7.98. The fraction of sp³-hybridized carbons (Fsp3) is 0.643. The Balaban J connectivity index is 2.12. The molecular formula is C28H42N4O3SSi. The third-order valence-corrected chi connectivity index (χ3v) is 14.3. The van der Waals surface area contributed by atoms with Crippen LogP contribution >= 0.6 is 11.8 Å². The van der Waals surface area contributed by atoms with Crippen LogP contribution in [0.3, 0.4) is 0 Å². The average Bonchev–Trinajstić information content (AvgIpc) is 3.27. The van der Waals surface area contributed by atoms with Crippen molar-refractivity contribution in [2.75, 3.05) is 19.3 Å². The zero-order valence-corrected chi connectivity index (χ0v) is 25.8. The Morgan fingerprint density at radius 1 is 1.16 bits per heavy atom. The topological polar surface area (TPSA) is 77.3 Å². The molecule has 1 saturated heterocycles. The van der Waals surface area contributed by atoms with E-state index in [0.717, 1.165) is 5.39 Å². The molecule has 1 aliphatic rings. The molecule has 7 nitrogen and oxygen atoms in total. The van der Waals surface area contributed by atoms with Crippen LogP contribution in [0.2, 0.25) is 16.6 Å². The first kappa shape index (κ1) is 29.2. The molecule has 0 radical (unpaired) electrons. The second-order valence-electron chi connectivity index (χ2n) is 11.9. The van der Waals surface area contributed by atoms with Crippen LogP contribution in [0.5, 0.6) is 0 Å². The smallest absolute Gasteiger partial charge is 0.410 e. The summed E-state index contributed by atoms with van der Waals surface area (Å²) in [6.07, 6.45) is 4.01. The lowest BCUT2D eigenvalue weighted by atomic mass is 10.1. The van der Waals surface area contributed by atoms with Gasteiger partial charge in [0, 0.05) is 30.9 Å². The van der Waals surface area contributed by atoms with Crippen LogP contribution in [0.4, 0.5) is 4.79 Å². The van der Waals surface area contributed by atoms with Gasteiger partial charge in [-0.3, -0.25) is 9.36 Å². The largest absolute Gasteiger partial charge is 0.444 e. The van der Waals surface area contributed by atoms with Crippen LogP contribution in [-0.2, 0) is 4.74 Å². The summed E-state index contributed by atoms with van der Waals surface area (Å²) in [5.41, 5.74) is 5.76. The Morgan fingerprint density at radius 3 is 2.32 bits per heavy atom. The minimum absolute atomic E-state index is 0.149. The molecule has 9 heteroatoms. The van der Waals surface area contributed by atoms with E-state index in [1.165, 1.54) is 11.8 Å². The van der Waals surface area contributed by atoms with Crippen LogP contribution in [0, 0.1) is 11.5 Å². The summed E-state index contributed by atoms with van der Waals surface area (Å²) in [6.45, 7) is 20.2. The summed E-state index contributed by atoms with van der Waals surface area (Å²) >= 11 is 1.44. The number of aromatic nitrogens is 3. The van der Waals surface area contributed by atoms with E-state index in [2.05, 4.69) is 58.0 Å². The molecule has 3 rings (SSSR count). The fourth-order valence-electron chi connectivity index (χ4n) is 5.71. The molecule has 0 aromatic carbocycles. The maximum Gasteiger partial charge on any atom is 0.410 e. The normalized spacial score (nSPS) is 16.6. The fourth-order valence-corrected chi connectivity index (χ4v) is 11.3. The maximum absolute atomic E-state index is 13.6. The van der Waals surface area contributed by atoms with Gasteiger partial charge in [-0.2, -0.15) is 0 Å². The first-order chi connectivity index (χ1) is 17.2. The Kier molecular flexibility index (Phi) is 8.85. The van der Waals surface area contributed by atoms with Crippen molar-refractivity contribution in [1.29, 1.82) is 0 Å². The van der Waals surface area contributed by atoms with Gasteiger partial charge < -0.3 is 9.64 Å². The number of pyridine rings is 1. The predicted molar refractivity (Wildman–Crippen MR) is 155 cm³/mol. The summed E-state index contributed by atoms with van der Waals surface area (Å²) in [4.78, 5) is 37.2. The van der Waals surface area contributed by atoms with Crippen molar-refractivity contribution in [1.82, 2.24) is 19.4 Å². The zero-order chi connectivity index (χ0) is 27.7. The molecule has 1 fully saturated rings. The van der Waals surface area contributed by atoms with Gasteiger partial charge in [0.25, 0.3) is 5.56 Å². The number of fused-ring (bicyclic) bond motifs is 1. The van der Waals surface area contributed by atoms with Gasteiger partial charge in [-0.1, -0.05) is 59.2 Å². The molecule has 202 valence electrons. The van der Waals surface area contributed by atoms with Gasteiger partial charge in [-0.25, -0.2) is 14.8 Å². The summed E-state index contributed by atoms with van der Waals surface area (Å²) < 4.78 is 7.28. The summed E-state index contributed by atoms with van der Waals surface area (Å²) in [5.74, 6) is 3.45. The lowest BCUT2D eigenvalue weighted by Gasteiger charge is -2.38. The number of carbonyl (C=O) groups excluding carboxylic acids is 1. The highest BCUT2D eigenvalue weighted by Crippen LogP contribution is 2.41. The lowest BCUT2D eigenvalue weighted by Crippen LogP contribution is -2.43. The van der Waals surface area contributed by atoms with E-state index in [-0.39, 0.29) is 17.7 Å². The Bertz CT molecular complexity index is 1250. The summed E-state index contributed by atoms with van der Waals surface area (Å²) in [7, 11) is -1.99. The molecule has 1 unspecified atom stereocenters. The molecule has 0 saturated carbocycles. The Morgan fingerprint density at radius 2 is 1.78 bits per heavy atom. The van der Waals surface area contributed by atoms with Crippen molar-refractivity contribution < 1.29 is 9.53 Å². The third kappa shape index (κ3) is 6.06. The van der Waals surface area contributed by atoms with Crippen LogP contribution in [0.25, 0.3) is 11.0 Å². The van der Waals surface area contributed by atoms with Gasteiger partial charge in [0.2, 0.25) is 0 Å². The minimum Gasteiger partial charge on any atom is -0.444 e.